The molecule has 0 aliphatic carbocycles. The van der Waals surface area contributed by atoms with Crippen molar-refractivity contribution in [3.05, 3.63) is 101 Å². The van der Waals surface area contributed by atoms with Gasteiger partial charge in [0.25, 0.3) is 0 Å². The predicted molar refractivity (Wildman–Crippen MR) is 120 cm³/mol. The summed E-state index contributed by atoms with van der Waals surface area (Å²) in [4.78, 5) is 0. The molecule has 148 valence electrons. The quantitative estimate of drug-likeness (QED) is 0.395. The maximum Gasteiger partial charge on any atom is 0.0835 e. The van der Waals surface area contributed by atoms with Crippen molar-refractivity contribution in [3.8, 4) is 5.69 Å². The van der Waals surface area contributed by atoms with Crippen LogP contribution < -0.4 is 5.32 Å². The van der Waals surface area contributed by atoms with Crippen molar-refractivity contribution in [2.75, 3.05) is 13.1 Å². The molecule has 5 heteroatoms. The molecule has 4 rings (SSSR count). The van der Waals surface area contributed by atoms with Crippen LogP contribution in [-0.2, 0) is 19.3 Å². The van der Waals surface area contributed by atoms with Gasteiger partial charge in [0.1, 0.15) is 0 Å². The van der Waals surface area contributed by atoms with Gasteiger partial charge < -0.3 is 5.32 Å². The van der Waals surface area contributed by atoms with E-state index in [4.69, 9.17) is 0 Å². The SMILES string of the molecule is c1ccc(C[C@@H](CNCCc2ccsc2)Cc2cn(-c3ccccc3)nn2)cc1. The van der Waals surface area contributed by atoms with Crippen LogP contribution in [0.2, 0.25) is 0 Å². The summed E-state index contributed by atoms with van der Waals surface area (Å²) in [6.07, 6.45) is 5.07. The highest BCUT2D eigenvalue weighted by Crippen LogP contribution is 2.15. The van der Waals surface area contributed by atoms with Crippen molar-refractivity contribution >= 4 is 11.3 Å². The summed E-state index contributed by atoms with van der Waals surface area (Å²) >= 11 is 1.76. The Morgan fingerprint density at radius 3 is 2.45 bits per heavy atom. The third kappa shape index (κ3) is 5.86. The average molecular weight is 403 g/mol. The molecule has 0 saturated heterocycles. The van der Waals surface area contributed by atoms with Crippen LogP contribution in [0, 0.1) is 5.92 Å². The topological polar surface area (TPSA) is 42.7 Å². The van der Waals surface area contributed by atoms with Gasteiger partial charge in [-0.2, -0.15) is 11.3 Å². The highest BCUT2D eigenvalue weighted by molar-refractivity contribution is 7.07. The molecular formula is C24H26N4S. The van der Waals surface area contributed by atoms with Gasteiger partial charge in [0.2, 0.25) is 0 Å². The van der Waals surface area contributed by atoms with Gasteiger partial charge in [-0.25, -0.2) is 4.68 Å². The van der Waals surface area contributed by atoms with Crippen LogP contribution in [0.15, 0.2) is 83.7 Å². The van der Waals surface area contributed by atoms with Gasteiger partial charge in [-0.15, -0.1) is 5.10 Å². The lowest BCUT2D eigenvalue weighted by atomic mass is 9.95. The van der Waals surface area contributed by atoms with Crippen LogP contribution in [0.3, 0.4) is 0 Å². The zero-order chi connectivity index (χ0) is 19.7. The van der Waals surface area contributed by atoms with E-state index in [0.717, 1.165) is 43.7 Å². The Labute approximate surface area is 176 Å². The molecule has 0 amide bonds. The lowest BCUT2D eigenvalue weighted by molar-refractivity contribution is 0.468. The first-order valence-corrected chi connectivity index (χ1v) is 11.0. The second-order valence-electron chi connectivity index (χ2n) is 7.34. The van der Waals surface area contributed by atoms with E-state index in [2.05, 4.69) is 69.0 Å². The van der Waals surface area contributed by atoms with Crippen LogP contribution in [0.25, 0.3) is 5.69 Å². The van der Waals surface area contributed by atoms with E-state index in [-0.39, 0.29) is 0 Å². The molecule has 4 aromatic rings. The third-order valence-corrected chi connectivity index (χ3v) is 5.76. The average Bonchev–Trinajstić information content (AvgIpc) is 3.45. The molecule has 2 aromatic heterocycles. The van der Waals surface area contributed by atoms with E-state index < -0.39 is 0 Å². The van der Waals surface area contributed by atoms with Crippen molar-refractivity contribution < 1.29 is 0 Å². The molecule has 0 radical (unpaired) electrons. The Balaban J connectivity index is 1.38. The van der Waals surface area contributed by atoms with Crippen LogP contribution in [-0.4, -0.2) is 28.1 Å². The number of nitrogens with zero attached hydrogens (tertiary/aromatic N) is 3. The standard InChI is InChI=1S/C24H26N4S/c1-3-7-20(8-4-1)15-22(17-25-13-11-21-12-14-29-19-21)16-23-18-28(27-26-23)24-9-5-2-6-10-24/h1-10,12,14,18-19,22,25H,11,13,15-17H2/t22-/m1/s1. The smallest absolute Gasteiger partial charge is 0.0835 e. The maximum absolute atomic E-state index is 4.43. The second kappa shape index (κ2) is 10.1. The van der Waals surface area contributed by atoms with E-state index in [1.165, 1.54) is 11.1 Å². The Kier molecular flexibility index (Phi) is 6.84. The number of nitrogens with one attached hydrogen (secondary N) is 1. The molecular weight excluding hydrogens is 376 g/mol. The fourth-order valence-electron chi connectivity index (χ4n) is 3.53. The Morgan fingerprint density at radius 1 is 0.897 bits per heavy atom. The number of rotatable bonds is 10. The minimum absolute atomic E-state index is 0.473. The van der Waals surface area contributed by atoms with Crippen molar-refractivity contribution in [2.24, 2.45) is 5.92 Å². The minimum Gasteiger partial charge on any atom is -0.316 e. The number of aromatic nitrogens is 3. The molecule has 0 aliphatic heterocycles. The summed E-state index contributed by atoms with van der Waals surface area (Å²) in [5.74, 6) is 0.473. The fourth-order valence-corrected chi connectivity index (χ4v) is 4.24. The van der Waals surface area contributed by atoms with Gasteiger partial charge in [-0.1, -0.05) is 53.7 Å². The van der Waals surface area contributed by atoms with Crippen LogP contribution >= 0.6 is 11.3 Å². The highest BCUT2D eigenvalue weighted by atomic mass is 32.1. The number of thiophene rings is 1. The second-order valence-corrected chi connectivity index (χ2v) is 8.12. The predicted octanol–water partition coefficient (Wildman–Crippen LogP) is 4.56. The zero-order valence-electron chi connectivity index (χ0n) is 16.4. The Morgan fingerprint density at radius 2 is 1.69 bits per heavy atom. The summed E-state index contributed by atoms with van der Waals surface area (Å²) in [7, 11) is 0. The van der Waals surface area contributed by atoms with Crippen LogP contribution in [0.5, 0.6) is 0 Å². The molecule has 0 saturated carbocycles. The molecule has 0 aliphatic rings. The van der Waals surface area contributed by atoms with E-state index in [0.29, 0.717) is 5.92 Å². The van der Waals surface area contributed by atoms with Crippen molar-refractivity contribution in [3.63, 3.8) is 0 Å². The van der Waals surface area contributed by atoms with E-state index >= 15 is 0 Å². The largest absolute Gasteiger partial charge is 0.316 e. The first-order valence-electron chi connectivity index (χ1n) is 10.1. The lowest BCUT2D eigenvalue weighted by Crippen LogP contribution is -2.27. The summed E-state index contributed by atoms with van der Waals surface area (Å²) in [6, 6.07) is 23.1. The van der Waals surface area contributed by atoms with Gasteiger partial charge in [0.05, 0.1) is 17.6 Å². The summed E-state index contributed by atoms with van der Waals surface area (Å²) in [5, 5.41) is 16.8. The van der Waals surface area contributed by atoms with Crippen molar-refractivity contribution in [2.45, 2.75) is 19.3 Å². The molecule has 1 N–H and O–H groups in total. The monoisotopic (exact) mass is 402 g/mol. The molecule has 0 unspecified atom stereocenters. The lowest BCUT2D eigenvalue weighted by Gasteiger charge is -2.17. The van der Waals surface area contributed by atoms with Crippen molar-refractivity contribution in [1.82, 2.24) is 20.3 Å². The Hall–Kier alpha value is -2.76. The van der Waals surface area contributed by atoms with Crippen LogP contribution in [0.1, 0.15) is 16.8 Å². The highest BCUT2D eigenvalue weighted by Gasteiger charge is 2.14. The summed E-state index contributed by atoms with van der Waals surface area (Å²) < 4.78 is 1.86. The minimum atomic E-state index is 0.473. The molecule has 4 nitrogen and oxygen atoms in total. The van der Waals surface area contributed by atoms with Gasteiger partial charge >= 0.3 is 0 Å². The molecule has 2 aromatic carbocycles. The number of hydrogen-bond donors (Lipinski definition) is 1. The summed E-state index contributed by atoms with van der Waals surface area (Å²) in [6.45, 7) is 1.97. The molecule has 2 heterocycles. The molecule has 29 heavy (non-hydrogen) atoms. The first-order chi connectivity index (χ1) is 14.4. The summed E-state index contributed by atoms with van der Waals surface area (Å²) in [5.41, 5.74) is 4.86. The molecule has 0 bridgehead atoms. The van der Waals surface area contributed by atoms with Gasteiger partial charge in [0, 0.05) is 0 Å². The molecule has 0 fully saturated rings. The van der Waals surface area contributed by atoms with Crippen LogP contribution in [0.4, 0.5) is 0 Å². The number of benzene rings is 2. The van der Waals surface area contributed by atoms with Gasteiger partial charge in [-0.05, 0) is 78.4 Å². The molecule has 1 atom stereocenters. The zero-order valence-corrected chi connectivity index (χ0v) is 17.3. The van der Waals surface area contributed by atoms with Gasteiger partial charge in [-0.3, -0.25) is 0 Å². The normalized spacial score (nSPS) is 12.1. The molecule has 0 spiro atoms. The number of para-hydroxylation sites is 1. The van der Waals surface area contributed by atoms with E-state index in [1.807, 2.05) is 35.0 Å². The third-order valence-electron chi connectivity index (χ3n) is 5.03. The number of hydrogen-bond acceptors (Lipinski definition) is 4. The van der Waals surface area contributed by atoms with E-state index in [9.17, 15) is 0 Å². The van der Waals surface area contributed by atoms with Gasteiger partial charge in [0.15, 0.2) is 0 Å². The Bertz CT molecular complexity index is 965. The fraction of sp³-hybridized carbons (Fsp3) is 0.250. The van der Waals surface area contributed by atoms with E-state index in [1.54, 1.807) is 11.3 Å². The van der Waals surface area contributed by atoms with Crippen molar-refractivity contribution in [1.29, 1.82) is 0 Å². The maximum atomic E-state index is 4.43. The first kappa shape index (κ1) is 19.6.